The lowest BCUT2D eigenvalue weighted by atomic mass is 10.0. The number of piperidine rings is 1. The first-order valence-corrected chi connectivity index (χ1v) is 7.24. The van der Waals surface area contributed by atoms with E-state index in [-0.39, 0.29) is 5.97 Å². The minimum atomic E-state index is -0.216. The molecule has 0 bridgehead atoms. The van der Waals surface area contributed by atoms with Crippen molar-refractivity contribution in [2.75, 3.05) is 20.3 Å². The van der Waals surface area contributed by atoms with E-state index in [0.29, 0.717) is 19.1 Å². The fraction of sp³-hybridized carbons (Fsp3) is 0.562. The van der Waals surface area contributed by atoms with Gasteiger partial charge in [-0.25, -0.2) is 0 Å². The molecule has 1 heterocycles. The number of methoxy groups -OCH3 is 1. The molecule has 1 atom stereocenters. The average molecular weight is 277 g/mol. The molecular weight excluding hydrogens is 254 g/mol. The zero-order chi connectivity index (χ0) is 14.2. The Bertz CT molecular complexity index is 427. The zero-order valence-corrected chi connectivity index (χ0v) is 12.1. The lowest BCUT2D eigenvalue weighted by Gasteiger charge is -2.23. The van der Waals surface area contributed by atoms with Gasteiger partial charge in [-0.3, -0.25) is 4.79 Å². The van der Waals surface area contributed by atoms with Crippen LogP contribution in [0.3, 0.4) is 0 Å². The van der Waals surface area contributed by atoms with Gasteiger partial charge >= 0.3 is 5.97 Å². The van der Waals surface area contributed by atoms with Crippen molar-refractivity contribution in [3.63, 3.8) is 0 Å². The number of ether oxygens (including phenoxy) is 2. The van der Waals surface area contributed by atoms with Gasteiger partial charge in [0.25, 0.3) is 0 Å². The van der Waals surface area contributed by atoms with E-state index in [9.17, 15) is 4.79 Å². The summed E-state index contributed by atoms with van der Waals surface area (Å²) in [6.07, 6.45) is 4.03. The van der Waals surface area contributed by atoms with Gasteiger partial charge in [0, 0.05) is 6.04 Å². The van der Waals surface area contributed by atoms with Crippen LogP contribution in [0.25, 0.3) is 0 Å². The molecule has 1 N–H and O–H groups in total. The highest BCUT2D eigenvalue weighted by atomic mass is 16.5. The summed E-state index contributed by atoms with van der Waals surface area (Å²) in [5.74, 6) is -0.216. The molecule has 20 heavy (non-hydrogen) atoms. The van der Waals surface area contributed by atoms with Gasteiger partial charge in [-0.2, -0.15) is 0 Å². The molecule has 1 aliphatic heterocycles. The van der Waals surface area contributed by atoms with Crippen LogP contribution in [0, 0.1) is 0 Å². The molecule has 1 unspecified atom stereocenters. The van der Waals surface area contributed by atoms with Crippen LogP contribution >= 0.6 is 0 Å². The molecule has 2 rings (SSSR count). The summed E-state index contributed by atoms with van der Waals surface area (Å²) < 4.78 is 10.5. The summed E-state index contributed by atoms with van der Waals surface area (Å²) >= 11 is 0. The first-order valence-electron chi connectivity index (χ1n) is 7.24. The second-order valence-electron chi connectivity index (χ2n) is 5.18. The Morgan fingerprint density at radius 3 is 2.80 bits per heavy atom. The number of benzene rings is 1. The Balaban J connectivity index is 1.83. The summed E-state index contributed by atoms with van der Waals surface area (Å²) in [4.78, 5) is 11.4. The lowest BCUT2D eigenvalue weighted by molar-refractivity contribution is -0.139. The van der Waals surface area contributed by atoms with Crippen LogP contribution in [0.4, 0.5) is 0 Å². The summed E-state index contributed by atoms with van der Waals surface area (Å²) in [6.45, 7) is 2.37. The van der Waals surface area contributed by atoms with E-state index in [2.05, 4.69) is 5.32 Å². The van der Waals surface area contributed by atoms with Crippen LogP contribution in [-0.4, -0.2) is 32.3 Å². The largest absolute Gasteiger partial charge is 0.469 e. The van der Waals surface area contributed by atoms with Crippen molar-refractivity contribution in [3.05, 3.63) is 35.4 Å². The smallest absolute Gasteiger partial charge is 0.309 e. The van der Waals surface area contributed by atoms with Crippen LogP contribution in [0.2, 0.25) is 0 Å². The molecule has 1 saturated heterocycles. The van der Waals surface area contributed by atoms with Gasteiger partial charge in [0.1, 0.15) is 0 Å². The monoisotopic (exact) mass is 277 g/mol. The van der Waals surface area contributed by atoms with Crippen LogP contribution in [0.1, 0.15) is 30.4 Å². The van der Waals surface area contributed by atoms with Crippen LogP contribution in [0.15, 0.2) is 24.3 Å². The number of hydrogen-bond acceptors (Lipinski definition) is 4. The second-order valence-corrected chi connectivity index (χ2v) is 5.18. The van der Waals surface area contributed by atoms with E-state index >= 15 is 0 Å². The Kier molecular flexibility index (Phi) is 6.02. The van der Waals surface area contributed by atoms with Crippen molar-refractivity contribution >= 4 is 5.97 Å². The van der Waals surface area contributed by atoms with Crippen molar-refractivity contribution in [1.29, 1.82) is 0 Å². The van der Waals surface area contributed by atoms with Crippen LogP contribution in [0.5, 0.6) is 0 Å². The summed E-state index contributed by atoms with van der Waals surface area (Å²) in [7, 11) is 1.41. The third-order valence-corrected chi connectivity index (χ3v) is 3.67. The molecule has 1 fully saturated rings. The predicted molar refractivity (Wildman–Crippen MR) is 77.5 cm³/mol. The highest BCUT2D eigenvalue weighted by Crippen LogP contribution is 2.13. The van der Waals surface area contributed by atoms with E-state index in [1.807, 2.05) is 24.3 Å². The first-order chi connectivity index (χ1) is 9.79. The maximum absolute atomic E-state index is 11.4. The molecule has 0 aromatic heterocycles. The molecule has 0 saturated carbocycles. The third-order valence-electron chi connectivity index (χ3n) is 3.67. The van der Waals surface area contributed by atoms with Gasteiger partial charge < -0.3 is 14.8 Å². The molecule has 110 valence electrons. The fourth-order valence-corrected chi connectivity index (χ4v) is 2.48. The van der Waals surface area contributed by atoms with E-state index < -0.39 is 0 Å². The van der Waals surface area contributed by atoms with E-state index in [1.165, 1.54) is 26.4 Å². The molecule has 4 nitrogen and oxygen atoms in total. The molecule has 0 amide bonds. The molecule has 1 aromatic rings. The van der Waals surface area contributed by atoms with Gasteiger partial charge in [0.05, 0.1) is 26.7 Å². The van der Waals surface area contributed by atoms with Crippen molar-refractivity contribution < 1.29 is 14.3 Å². The maximum atomic E-state index is 11.4. The second kappa shape index (κ2) is 8.02. The zero-order valence-electron chi connectivity index (χ0n) is 12.1. The van der Waals surface area contributed by atoms with Crippen molar-refractivity contribution in [2.45, 2.75) is 38.3 Å². The summed E-state index contributed by atoms with van der Waals surface area (Å²) in [5.41, 5.74) is 2.05. The molecule has 0 aliphatic carbocycles. The van der Waals surface area contributed by atoms with Gasteiger partial charge in [-0.1, -0.05) is 30.7 Å². The van der Waals surface area contributed by atoms with Gasteiger partial charge in [0.15, 0.2) is 0 Å². The Morgan fingerprint density at radius 2 is 2.10 bits per heavy atom. The van der Waals surface area contributed by atoms with Gasteiger partial charge in [0.2, 0.25) is 0 Å². The number of carbonyl (C=O) groups is 1. The number of esters is 1. The SMILES string of the molecule is COC(=O)Cc1ccccc1COCC1CCCCN1. The number of rotatable bonds is 6. The predicted octanol–water partition coefficient (Wildman–Crippen LogP) is 2.06. The van der Waals surface area contributed by atoms with Gasteiger partial charge in [-0.15, -0.1) is 0 Å². The number of hydrogen-bond donors (Lipinski definition) is 1. The maximum Gasteiger partial charge on any atom is 0.309 e. The molecule has 4 heteroatoms. The Morgan fingerprint density at radius 1 is 1.30 bits per heavy atom. The molecular formula is C16H23NO3. The fourth-order valence-electron chi connectivity index (χ4n) is 2.48. The van der Waals surface area contributed by atoms with Crippen molar-refractivity contribution in [3.8, 4) is 0 Å². The van der Waals surface area contributed by atoms with Gasteiger partial charge in [-0.05, 0) is 30.5 Å². The van der Waals surface area contributed by atoms with E-state index in [0.717, 1.165) is 24.3 Å². The lowest BCUT2D eigenvalue weighted by Crippen LogP contribution is -2.37. The van der Waals surface area contributed by atoms with Crippen molar-refractivity contribution in [1.82, 2.24) is 5.32 Å². The minimum absolute atomic E-state index is 0.216. The van der Waals surface area contributed by atoms with E-state index in [1.54, 1.807) is 0 Å². The summed E-state index contributed by atoms with van der Waals surface area (Å²) in [5, 5.41) is 3.46. The molecule has 1 aromatic carbocycles. The highest BCUT2D eigenvalue weighted by Gasteiger charge is 2.13. The average Bonchev–Trinajstić information content (AvgIpc) is 2.50. The quantitative estimate of drug-likeness (QED) is 0.809. The van der Waals surface area contributed by atoms with E-state index in [4.69, 9.17) is 9.47 Å². The molecule has 0 radical (unpaired) electrons. The normalized spacial score (nSPS) is 18.8. The number of nitrogens with one attached hydrogen (secondary N) is 1. The topological polar surface area (TPSA) is 47.6 Å². The van der Waals surface area contributed by atoms with Crippen LogP contribution < -0.4 is 5.32 Å². The standard InChI is InChI=1S/C16H23NO3/c1-19-16(18)10-13-6-2-3-7-14(13)11-20-12-15-8-4-5-9-17-15/h2-3,6-7,15,17H,4-5,8-12H2,1H3. The first kappa shape index (κ1) is 15.0. The third kappa shape index (κ3) is 4.62. The van der Waals surface area contributed by atoms with Crippen molar-refractivity contribution in [2.24, 2.45) is 0 Å². The minimum Gasteiger partial charge on any atom is -0.469 e. The highest BCUT2D eigenvalue weighted by molar-refractivity contribution is 5.72. The Labute approximate surface area is 120 Å². The number of carbonyl (C=O) groups excluding carboxylic acids is 1. The molecule has 0 spiro atoms. The summed E-state index contributed by atoms with van der Waals surface area (Å²) in [6, 6.07) is 8.33. The van der Waals surface area contributed by atoms with Crippen LogP contribution in [-0.2, 0) is 27.3 Å². The molecule has 1 aliphatic rings. The Hall–Kier alpha value is -1.39.